The molecule has 1 amide bonds. The highest BCUT2D eigenvalue weighted by Crippen LogP contribution is 2.31. The molecule has 1 saturated heterocycles. The fourth-order valence-corrected chi connectivity index (χ4v) is 4.62. The molecule has 6 nitrogen and oxygen atoms in total. The van der Waals surface area contributed by atoms with Crippen LogP contribution in [-0.4, -0.2) is 57.8 Å². The highest BCUT2D eigenvalue weighted by molar-refractivity contribution is 7.98. The number of rotatable bonds is 4. The Balaban J connectivity index is 1.53. The monoisotopic (exact) mass is 465 g/mol. The number of benzene rings is 2. The van der Waals surface area contributed by atoms with Crippen LogP contribution in [0.2, 0.25) is 0 Å². The predicted octanol–water partition coefficient (Wildman–Crippen LogP) is 4.13. The maximum Gasteiger partial charge on any atom is 0.254 e. The van der Waals surface area contributed by atoms with Crippen LogP contribution >= 0.6 is 11.8 Å². The summed E-state index contributed by atoms with van der Waals surface area (Å²) in [6, 6.07) is 9.09. The second-order valence-corrected chi connectivity index (χ2v) is 8.59. The Morgan fingerprint density at radius 2 is 1.82 bits per heavy atom. The maximum absolute atomic E-state index is 14.1. The fraction of sp³-hybridized carbons (Fsp3) is 0.208. The number of thioether (sulfide) groups is 1. The molecule has 3 heterocycles. The standard InChI is InChI=1S/C24H21F2N5OS/c1-33-22-14-31(24-28-12-16(13-29-24)18-5-3-17(25)11-20(18)26)21-10-15(2-4-19(21)22)23(32)30-8-6-27-7-9-30/h2-5,10-14,27H,6-9H2,1H3. The van der Waals surface area contributed by atoms with E-state index in [1.165, 1.54) is 24.5 Å². The molecule has 33 heavy (non-hydrogen) atoms. The SMILES string of the molecule is CSc1cn(-c2ncc(-c3ccc(F)cc3F)cn2)c2cc(C(=O)N3CCNCC3)ccc12. The van der Waals surface area contributed by atoms with E-state index in [1.54, 1.807) is 11.8 Å². The quantitative estimate of drug-likeness (QED) is 0.459. The van der Waals surface area contributed by atoms with Crippen molar-refractivity contribution in [3.8, 4) is 17.1 Å². The van der Waals surface area contributed by atoms with Gasteiger partial charge < -0.3 is 10.2 Å². The van der Waals surface area contributed by atoms with E-state index in [4.69, 9.17) is 0 Å². The summed E-state index contributed by atoms with van der Waals surface area (Å²) >= 11 is 1.59. The Hall–Kier alpha value is -3.30. The number of hydrogen-bond acceptors (Lipinski definition) is 5. The molecule has 0 unspecified atom stereocenters. The first-order valence-corrected chi connectivity index (χ1v) is 11.7. The molecule has 9 heteroatoms. The van der Waals surface area contributed by atoms with Gasteiger partial charge in [-0.2, -0.15) is 0 Å². The number of nitrogens with zero attached hydrogens (tertiary/aromatic N) is 4. The molecular weight excluding hydrogens is 444 g/mol. The second kappa shape index (κ2) is 8.92. The average molecular weight is 466 g/mol. The van der Waals surface area contributed by atoms with Crippen molar-refractivity contribution in [1.82, 2.24) is 24.8 Å². The summed E-state index contributed by atoms with van der Waals surface area (Å²) < 4.78 is 29.2. The number of aromatic nitrogens is 3. The fourth-order valence-electron chi connectivity index (χ4n) is 4.02. The van der Waals surface area contributed by atoms with E-state index in [0.29, 0.717) is 30.2 Å². The molecule has 168 valence electrons. The molecule has 0 saturated carbocycles. The first kappa shape index (κ1) is 21.5. The summed E-state index contributed by atoms with van der Waals surface area (Å²) in [6.07, 6.45) is 6.94. The van der Waals surface area contributed by atoms with Crippen LogP contribution in [0.5, 0.6) is 0 Å². The van der Waals surface area contributed by atoms with Crippen molar-refractivity contribution < 1.29 is 13.6 Å². The van der Waals surface area contributed by atoms with Gasteiger partial charge in [0.25, 0.3) is 5.91 Å². The minimum Gasteiger partial charge on any atom is -0.336 e. The van der Waals surface area contributed by atoms with Crippen molar-refractivity contribution in [2.45, 2.75) is 4.90 Å². The summed E-state index contributed by atoms with van der Waals surface area (Å²) in [5, 5.41) is 4.25. The lowest BCUT2D eigenvalue weighted by atomic mass is 10.1. The van der Waals surface area contributed by atoms with Crippen molar-refractivity contribution in [2.75, 3.05) is 32.4 Å². The summed E-state index contributed by atoms with van der Waals surface area (Å²) in [7, 11) is 0. The van der Waals surface area contributed by atoms with Crippen molar-refractivity contribution in [3.63, 3.8) is 0 Å². The molecule has 0 bridgehead atoms. The smallest absolute Gasteiger partial charge is 0.254 e. The first-order chi connectivity index (χ1) is 16.0. The summed E-state index contributed by atoms with van der Waals surface area (Å²) in [4.78, 5) is 24.8. The molecule has 1 N–H and O–H groups in total. The van der Waals surface area contributed by atoms with Crippen LogP contribution in [0.3, 0.4) is 0 Å². The summed E-state index contributed by atoms with van der Waals surface area (Å²) in [5.41, 5.74) is 2.11. The molecule has 0 atom stereocenters. The lowest BCUT2D eigenvalue weighted by Crippen LogP contribution is -2.46. The molecule has 1 aliphatic rings. The van der Waals surface area contributed by atoms with E-state index >= 15 is 0 Å². The van der Waals surface area contributed by atoms with Crippen LogP contribution in [-0.2, 0) is 0 Å². The van der Waals surface area contributed by atoms with E-state index in [-0.39, 0.29) is 11.5 Å². The molecule has 0 spiro atoms. The number of piperazine rings is 1. The Labute approximate surface area is 193 Å². The van der Waals surface area contributed by atoms with Crippen LogP contribution < -0.4 is 5.32 Å². The van der Waals surface area contributed by atoms with Gasteiger partial charge in [-0.25, -0.2) is 18.7 Å². The van der Waals surface area contributed by atoms with Crippen LogP contribution in [0, 0.1) is 11.6 Å². The van der Waals surface area contributed by atoms with Crippen molar-refractivity contribution in [1.29, 1.82) is 0 Å². The largest absolute Gasteiger partial charge is 0.336 e. The van der Waals surface area contributed by atoms with Gasteiger partial charge in [-0.05, 0) is 30.5 Å². The average Bonchev–Trinajstić information content (AvgIpc) is 3.22. The molecule has 2 aromatic carbocycles. The zero-order valence-corrected chi connectivity index (χ0v) is 18.7. The lowest BCUT2D eigenvalue weighted by molar-refractivity contribution is 0.0736. The number of carbonyl (C=O) groups excluding carboxylic acids is 1. The zero-order valence-electron chi connectivity index (χ0n) is 17.9. The Bertz CT molecular complexity index is 1330. The van der Waals surface area contributed by atoms with Crippen molar-refractivity contribution >= 4 is 28.6 Å². The van der Waals surface area contributed by atoms with E-state index in [9.17, 15) is 13.6 Å². The third kappa shape index (κ3) is 4.09. The third-order valence-electron chi connectivity index (χ3n) is 5.74. The third-order valence-corrected chi connectivity index (χ3v) is 6.50. The maximum atomic E-state index is 14.1. The van der Waals surface area contributed by atoms with Crippen LogP contribution in [0.1, 0.15) is 10.4 Å². The molecule has 2 aromatic heterocycles. The molecule has 1 fully saturated rings. The molecule has 4 aromatic rings. The van der Waals surface area contributed by atoms with Gasteiger partial charge in [0, 0.05) is 77.8 Å². The number of hydrogen-bond donors (Lipinski definition) is 1. The van der Waals surface area contributed by atoms with E-state index in [0.717, 1.165) is 35.0 Å². The van der Waals surface area contributed by atoms with Gasteiger partial charge in [-0.3, -0.25) is 9.36 Å². The highest BCUT2D eigenvalue weighted by atomic mass is 32.2. The number of fused-ring (bicyclic) bond motifs is 1. The molecule has 1 aliphatic heterocycles. The minimum absolute atomic E-state index is 0.0000899. The topological polar surface area (TPSA) is 63.1 Å². The number of amides is 1. The predicted molar refractivity (Wildman–Crippen MR) is 125 cm³/mol. The van der Waals surface area contributed by atoms with Crippen molar-refractivity contribution in [2.24, 2.45) is 0 Å². The first-order valence-electron chi connectivity index (χ1n) is 10.5. The minimum atomic E-state index is -0.668. The zero-order chi connectivity index (χ0) is 22.9. The highest BCUT2D eigenvalue weighted by Gasteiger charge is 2.20. The molecule has 0 radical (unpaired) electrons. The molecule has 0 aliphatic carbocycles. The normalized spacial score (nSPS) is 14.1. The van der Waals surface area contributed by atoms with E-state index < -0.39 is 11.6 Å². The van der Waals surface area contributed by atoms with Crippen LogP contribution in [0.15, 0.2) is 59.9 Å². The van der Waals surface area contributed by atoms with Crippen molar-refractivity contribution in [3.05, 3.63) is 72.2 Å². The van der Waals surface area contributed by atoms with Gasteiger partial charge in [-0.1, -0.05) is 6.07 Å². The molecule has 5 rings (SSSR count). The number of carbonyl (C=O) groups is 1. The van der Waals surface area contributed by atoms with Gasteiger partial charge in [0.1, 0.15) is 11.6 Å². The Morgan fingerprint density at radius 3 is 2.52 bits per heavy atom. The van der Waals surface area contributed by atoms with E-state index in [2.05, 4.69) is 15.3 Å². The number of halogens is 2. The lowest BCUT2D eigenvalue weighted by Gasteiger charge is -2.27. The second-order valence-electron chi connectivity index (χ2n) is 7.74. The van der Waals surface area contributed by atoms with Gasteiger partial charge >= 0.3 is 0 Å². The summed E-state index contributed by atoms with van der Waals surface area (Å²) in [5.74, 6) is -0.903. The number of nitrogens with one attached hydrogen (secondary N) is 1. The van der Waals surface area contributed by atoms with Gasteiger partial charge in [0.15, 0.2) is 0 Å². The van der Waals surface area contributed by atoms with E-state index in [1.807, 2.05) is 40.1 Å². The Morgan fingerprint density at radius 1 is 1.06 bits per heavy atom. The van der Waals surface area contributed by atoms with Crippen LogP contribution in [0.4, 0.5) is 8.78 Å². The van der Waals surface area contributed by atoms with Gasteiger partial charge in [0.2, 0.25) is 5.95 Å². The van der Waals surface area contributed by atoms with Crippen LogP contribution in [0.25, 0.3) is 28.0 Å². The summed E-state index contributed by atoms with van der Waals surface area (Å²) in [6.45, 7) is 2.93. The van der Waals surface area contributed by atoms with Gasteiger partial charge in [0.05, 0.1) is 5.52 Å². The molecular formula is C24H21F2N5OS. The Kier molecular flexibility index (Phi) is 5.82. The van der Waals surface area contributed by atoms with Gasteiger partial charge in [-0.15, -0.1) is 11.8 Å².